The SMILES string of the molecule is C[C@]12CC[C@@H](O)C[C@@H]1CC[C@@H]1[C@@H]2C[C@H](O)[C@@]2(C)[C@@H](C(=O)O)CC[C@@H]12. The lowest BCUT2D eigenvalue weighted by Crippen LogP contribution is -2.59. The Morgan fingerprint density at radius 3 is 2.42 bits per heavy atom. The molecule has 0 saturated heterocycles. The second kappa shape index (κ2) is 5.44. The number of rotatable bonds is 1. The summed E-state index contributed by atoms with van der Waals surface area (Å²) in [4.78, 5) is 11.8. The van der Waals surface area contributed by atoms with Crippen LogP contribution < -0.4 is 0 Å². The van der Waals surface area contributed by atoms with E-state index in [1.807, 2.05) is 6.92 Å². The highest BCUT2D eigenvalue weighted by Gasteiger charge is 2.64. The Hall–Kier alpha value is -0.610. The number of aliphatic carboxylic acids is 1. The molecule has 0 unspecified atom stereocenters. The van der Waals surface area contributed by atoms with E-state index in [9.17, 15) is 20.1 Å². The van der Waals surface area contributed by atoms with E-state index in [0.717, 1.165) is 51.4 Å². The van der Waals surface area contributed by atoms with E-state index in [2.05, 4.69) is 6.92 Å². The molecule has 0 aliphatic heterocycles. The minimum Gasteiger partial charge on any atom is -0.481 e. The molecule has 24 heavy (non-hydrogen) atoms. The smallest absolute Gasteiger partial charge is 0.307 e. The molecule has 4 saturated carbocycles. The molecular weight excluding hydrogens is 304 g/mol. The van der Waals surface area contributed by atoms with Gasteiger partial charge in [-0.2, -0.15) is 0 Å². The molecule has 4 aliphatic carbocycles. The van der Waals surface area contributed by atoms with Crippen LogP contribution in [0.5, 0.6) is 0 Å². The zero-order chi connectivity index (χ0) is 17.3. The molecule has 4 aliphatic rings. The van der Waals surface area contributed by atoms with Crippen molar-refractivity contribution in [3.63, 3.8) is 0 Å². The highest BCUT2D eigenvalue weighted by Crippen LogP contribution is 2.67. The fourth-order valence-electron chi connectivity index (χ4n) is 7.61. The van der Waals surface area contributed by atoms with Crippen LogP contribution in [-0.2, 0) is 4.79 Å². The van der Waals surface area contributed by atoms with Gasteiger partial charge in [0.05, 0.1) is 18.1 Å². The van der Waals surface area contributed by atoms with Crippen LogP contribution in [0.3, 0.4) is 0 Å². The summed E-state index contributed by atoms with van der Waals surface area (Å²) in [5.41, 5.74) is -0.240. The van der Waals surface area contributed by atoms with Gasteiger partial charge >= 0.3 is 5.97 Å². The molecule has 4 fully saturated rings. The van der Waals surface area contributed by atoms with E-state index in [-0.39, 0.29) is 11.5 Å². The lowest BCUT2D eigenvalue weighted by molar-refractivity contribution is -0.180. The van der Waals surface area contributed by atoms with Crippen LogP contribution in [0.4, 0.5) is 0 Å². The standard InChI is InChI=1S/C20H32O4/c1-19-8-7-12(21)9-11(19)3-4-13-14-5-6-15(18(23)24)20(14,2)17(22)10-16(13)19/h11-17,21-22H,3-10H2,1-2H3,(H,23,24)/t11-,12+,13-,14-,15+,16-,17-,19-,20+/m0/s1. The number of fused-ring (bicyclic) bond motifs is 5. The number of hydrogen-bond acceptors (Lipinski definition) is 3. The molecule has 0 spiro atoms. The van der Waals surface area contributed by atoms with Crippen LogP contribution in [0.25, 0.3) is 0 Å². The van der Waals surface area contributed by atoms with Crippen molar-refractivity contribution in [2.24, 2.45) is 40.4 Å². The average molecular weight is 336 g/mol. The van der Waals surface area contributed by atoms with E-state index in [1.165, 1.54) is 0 Å². The highest BCUT2D eigenvalue weighted by molar-refractivity contribution is 5.71. The molecule has 4 nitrogen and oxygen atoms in total. The number of carboxylic acids is 1. The van der Waals surface area contributed by atoms with E-state index in [4.69, 9.17) is 0 Å². The topological polar surface area (TPSA) is 77.8 Å². The Kier molecular flexibility index (Phi) is 3.82. The van der Waals surface area contributed by atoms with Gasteiger partial charge in [0.2, 0.25) is 0 Å². The van der Waals surface area contributed by atoms with E-state index >= 15 is 0 Å². The Morgan fingerprint density at radius 1 is 0.958 bits per heavy atom. The molecule has 4 heteroatoms. The first-order valence-electron chi connectivity index (χ1n) is 9.87. The maximum atomic E-state index is 11.8. The van der Waals surface area contributed by atoms with Gasteiger partial charge < -0.3 is 15.3 Å². The number of carbonyl (C=O) groups is 1. The maximum Gasteiger partial charge on any atom is 0.307 e. The number of aliphatic hydroxyl groups excluding tert-OH is 2. The van der Waals surface area contributed by atoms with Gasteiger partial charge in [-0.3, -0.25) is 4.79 Å². The minimum absolute atomic E-state index is 0.152. The molecule has 0 aromatic rings. The van der Waals surface area contributed by atoms with Gasteiger partial charge in [0.15, 0.2) is 0 Å². The van der Waals surface area contributed by atoms with Crippen molar-refractivity contribution in [3.8, 4) is 0 Å². The van der Waals surface area contributed by atoms with Gasteiger partial charge in [0, 0.05) is 5.41 Å². The van der Waals surface area contributed by atoms with Crippen molar-refractivity contribution in [1.82, 2.24) is 0 Å². The van der Waals surface area contributed by atoms with Crippen molar-refractivity contribution in [1.29, 1.82) is 0 Å². The van der Waals surface area contributed by atoms with Gasteiger partial charge in [-0.05, 0) is 80.5 Å². The van der Waals surface area contributed by atoms with Crippen LogP contribution >= 0.6 is 0 Å². The third kappa shape index (κ3) is 2.08. The number of hydrogen-bond donors (Lipinski definition) is 3. The number of carboxylic acid groups (broad SMARTS) is 1. The van der Waals surface area contributed by atoms with Crippen LogP contribution in [0.2, 0.25) is 0 Å². The van der Waals surface area contributed by atoms with Crippen LogP contribution in [-0.4, -0.2) is 33.5 Å². The molecule has 136 valence electrons. The van der Waals surface area contributed by atoms with Gasteiger partial charge in [-0.1, -0.05) is 13.8 Å². The summed E-state index contributed by atoms with van der Waals surface area (Å²) in [6.45, 7) is 4.43. The largest absolute Gasteiger partial charge is 0.481 e. The fraction of sp³-hybridized carbons (Fsp3) is 0.950. The first-order chi connectivity index (χ1) is 11.3. The molecular formula is C20H32O4. The molecule has 0 radical (unpaired) electrons. The predicted molar refractivity (Wildman–Crippen MR) is 90.2 cm³/mol. The molecule has 0 aromatic heterocycles. The molecule has 0 aromatic carbocycles. The number of aliphatic hydroxyl groups is 2. The first kappa shape index (κ1) is 16.8. The lowest BCUT2D eigenvalue weighted by Gasteiger charge is -2.61. The van der Waals surface area contributed by atoms with Crippen molar-refractivity contribution < 1.29 is 20.1 Å². The molecule has 4 rings (SSSR count). The quantitative estimate of drug-likeness (QED) is 0.688. The summed E-state index contributed by atoms with van der Waals surface area (Å²) in [5.74, 6) is 0.840. The lowest BCUT2D eigenvalue weighted by atomic mass is 9.44. The first-order valence-corrected chi connectivity index (χ1v) is 9.87. The Bertz CT molecular complexity index is 534. The van der Waals surface area contributed by atoms with Gasteiger partial charge in [-0.15, -0.1) is 0 Å². The Labute approximate surface area is 144 Å². The van der Waals surface area contributed by atoms with Crippen molar-refractivity contribution in [2.45, 2.75) is 77.4 Å². The summed E-state index contributed by atoms with van der Waals surface area (Å²) < 4.78 is 0. The van der Waals surface area contributed by atoms with Crippen molar-refractivity contribution in [3.05, 3.63) is 0 Å². The summed E-state index contributed by atoms with van der Waals surface area (Å²) in [6.07, 6.45) is 6.93. The summed E-state index contributed by atoms with van der Waals surface area (Å²) in [7, 11) is 0. The molecule has 0 amide bonds. The predicted octanol–water partition coefficient (Wildman–Crippen LogP) is 3.06. The molecule has 9 atom stereocenters. The third-order valence-electron chi connectivity index (χ3n) is 9.04. The Morgan fingerprint density at radius 2 is 1.71 bits per heavy atom. The second-order valence-electron chi connectivity index (χ2n) is 9.67. The highest BCUT2D eigenvalue weighted by atomic mass is 16.4. The zero-order valence-corrected chi connectivity index (χ0v) is 14.9. The normalized spacial score (nSPS) is 56.9. The van der Waals surface area contributed by atoms with Gasteiger partial charge in [0.25, 0.3) is 0 Å². The third-order valence-corrected chi connectivity index (χ3v) is 9.04. The van der Waals surface area contributed by atoms with Crippen LogP contribution in [0.15, 0.2) is 0 Å². The zero-order valence-electron chi connectivity index (χ0n) is 14.9. The monoisotopic (exact) mass is 336 g/mol. The van der Waals surface area contributed by atoms with E-state index in [0.29, 0.717) is 23.7 Å². The average Bonchev–Trinajstić information content (AvgIpc) is 2.88. The van der Waals surface area contributed by atoms with Gasteiger partial charge in [0.1, 0.15) is 0 Å². The maximum absolute atomic E-state index is 11.8. The molecule has 0 bridgehead atoms. The van der Waals surface area contributed by atoms with Crippen molar-refractivity contribution in [2.75, 3.05) is 0 Å². The van der Waals surface area contributed by atoms with Crippen LogP contribution in [0, 0.1) is 40.4 Å². The summed E-state index contributed by atoms with van der Waals surface area (Å²) >= 11 is 0. The van der Waals surface area contributed by atoms with Gasteiger partial charge in [-0.25, -0.2) is 0 Å². The second-order valence-corrected chi connectivity index (χ2v) is 9.67. The molecule has 3 N–H and O–H groups in total. The minimum atomic E-state index is -0.724. The van der Waals surface area contributed by atoms with Crippen LogP contribution in [0.1, 0.15) is 65.2 Å². The fourth-order valence-corrected chi connectivity index (χ4v) is 7.61. The Balaban J connectivity index is 1.66. The summed E-state index contributed by atoms with van der Waals surface area (Å²) in [6, 6.07) is 0. The van der Waals surface area contributed by atoms with E-state index < -0.39 is 23.4 Å². The van der Waals surface area contributed by atoms with E-state index in [1.54, 1.807) is 0 Å². The van der Waals surface area contributed by atoms with Crippen molar-refractivity contribution >= 4 is 5.97 Å². The molecule has 0 heterocycles. The summed E-state index contributed by atoms with van der Waals surface area (Å²) in [5, 5.41) is 30.8.